The van der Waals surface area contributed by atoms with Crippen LogP contribution >= 0.6 is 0 Å². The number of nitrogens with zero attached hydrogens (tertiary/aromatic N) is 3. The number of rotatable bonds is 3. The van der Waals surface area contributed by atoms with Gasteiger partial charge >= 0.3 is 6.18 Å². The van der Waals surface area contributed by atoms with Gasteiger partial charge in [-0.15, -0.1) is 0 Å². The predicted molar refractivity (Wildman–Crippen MR) is 83.4 cm³/mol. The van der Waals surface area contributed by atoms with Crippen LogP contribution in [0.5, 0.6) is 0 Å². The van der Waals surface area contributed by atoms with Crippen molar-refractivity contribution >= 4 is 5.91 Å². The monoisotopic (exact) mass is 353 g/mol. The summed E-state index contributed by atoms with van der Waals surface area (Å²) in [6.07, 6.45) is -1.60. The van der Waals surface area contributed by atoms with Crippen molar-refractivity contribution in [3.63, 3.8) is 0 Å². The Bertz CT molecular complexity index is 772. The molecule has 1 saturated heterocycles. The molecule has 2 aromatic rings. The van der Waals surface area contributed by atoms with E-state index in [1.165, 1.54) is 11.0 Å². The molecule has 3 rings (SSSR count). The van der Waals surface area contributed by atoms with Gasteiger partial charge < -0.3 is 10.0 Å². The molecule has 2 heterocycles. The van der Waals surface area contributed by atoms with Gasteiger partial charge in [0.25, 0.3) is 0 Å². The van der Waals surface area contributed by atoms with Crippen molar-refractivity contribution in [3.8, 4) is 0 Å². The Morgan fingerprint density at radius 1 is 1.40 bits per heavy atom. The van der Waals surface area contributed by atoms with Crippen molar-refractivity contribution in [1.82, 2.24) is 14.7 Å². The molecule has 0 radical (unpaired) electrons. The van der Waals surface area contributed by atoms with Crippen molar-refractivity contribution in [1.29, 1.82) is 0 Å². The van der Waals surface area contributed by atoms with Crippen LogP contribution in [0, 0.1) is 0 Å². The Morgan fingerprint density at radius 2 is 2.16 bits per heavy atom. The Hall–Kier alpha value is -2.35. The third-order valence-electron chi connectivity index (χ3n) is 4.31. The lowest BCUT2D eigenvalue weighted by molar-refractivity contribution is -0.137. The first-order valence-corrected chi connectivity index (χ1v) is 7.86. The number of aryl methyl sites for hydroxylation is 1. The van der Waals surface area contributed by atoms with E-state index in [4.69, 9.17) is 0 Å². The number of benzene rings is 1. The van der Waals surface area contributed by atoms with Gasteiger partial charge in [0.2, 0.25) is 5.91 Å². The number of likely N-dealkylation sites (tertiary alicyclic amines) is 1. The van der Waals surface area contributed by atoms with Gasteiger partial charge in [0, 0.05) is 19.8 Å². The summed E-state index contributed by atoms with van der Waals surface area (Å²) in [6, 6.07) is 4.36. The molecule has 0 unspecified atom stereocenters. The van der Waals surface area contributed by atoms with Crippen LogP contribution in [0.2, 0.25) is 0 Å². The second kappa shape index (κ2) is 6.51. The molecule has 0 saturated carbocycles. The summed E-state index contributed by atoms with van der Waals surface area (Å²) >= 11 is 0. The minimum Gasteiger partial charge on any atom is -0.391 e. The highest BCUT2D eigenvalue weighted by atomic mass is 19.4. The molecule has 1 N–H and O–H groups in total. The van der Waals surface area contributed by atoms with E-state index in [0.29, 0.717) is 5.56 Å². The number of alkyl halides is 3. The molecule has 1 aromatic carbocycles. The van der Waals surface area contributed by atoms with Gasteiger partial charge in [0.05, 0.1) is 30.3 Å². The summed E-state index contributed by atoms with van der Waals surface area (Å²) in [6.45, 7) is 0.111. The highest BCUT2D eigenvalue weighted by Gasteiger charge is 2.37. The zero-order chi connectivity index (χ0) is 18.2. The van der Waals surface area contributed by atoms with Crippen molar-refractivity contribution < 1.29 is 23.1 Å². The number of amides is 1. The second-order valence-corrected chi connectivity index (χ2v) is 6.27. The van der Waals surface area contributed by atoms with Gasteiger partial charge in [-0.2, -0.15) is 18.3 Å². The van der Waals surface area contributed by atoms with E-state index in [1.807, 2.05) is 0 Å². The van der Waals surface area contributed by atoms with Crippen molar-refractivity contribution in [2.75, 3.05) is 6.54 Å². The lowest BCUT2D eigenvalue weighted by Gasteiger charge is -2.25. The van der Waals surface area contributed by atoms with Crippen LogP contribution in [-0.4, -0.2) is 38.3 Å². The smallest absolute Gasteiger partial charge is 0.391 e. The predicted octanol–water partition coefficient (Wildman–Crippen LogP) is 2.32. The van der Waals surface area contributed by atoms with E-state index in [-0.39, 0.29) is 25.3 Å². The van der Waals surface area contributed by atoms with Gasteiger partial charge in [0.1, 0.15) is 0 Å². The van der Waals surface area contributed by atoms with Crippen LogP contribution in [0.25, 0.3) is 0 Å². The molecule has 1 amide bonds. The molecule has 134 valence electrons. The van der Waals surface area contributed by atoms with Gasteiger partial charge in [-0.25, -0.2) is 0 Å². The quantitative estimate of drug-likeness (QED) is 0.921. The molecule has 1 aliphatic heterocycles. The minimum absolute atomic E-state index is 0.0933. The first-order chi connectivity index (χ1) is 11.7. The van der Waals surface area contributed by atoms with E-state index in [0.717, 1.165) is 17.7 Å². The van der Waals surface area contributed by atoms with Crippen LogP contribution in [0.4, 0.5) is 13.2 Å². The van der Waals surface area contributed by atoms with Crippen molar-refractivity contribution in [3.05, 3.63) is 53.3 Å². The SMILES string of the molecule is Cn1cc(CC(=O)N2C[C@@H](O)C[C@@H]2c2cccc(C(F)(F)F)c2)cn1. The standard InChI is InChI=1S/C17H18F3N3O2/c1-22-9-11(8-21-22)5-16(25)23-10-14(24)7-15(23)12-3-2-4-13(6-12)17(18,19)20/h2-4,6,8-9,14-15,24H,5,7,10H2,1H3/t14-,15+/m0/s1. The number of aliphatic hydroxyl groups is 1. The molecule has 8 heteroatoms. The normalized spacial score (nSPS) is 20.9. The van der Waals surface area contributed by atoms with E-state index < -0.39 is 23.9 Å². The molecular weight excluding hydrogens is 335 g/mol. The molecule has 2 atom stereocenters. The lowest BCUT2D eigenvalue weighted by Crippen LogP contribution is -2.33. The number of hydrogen-bond acceptors (Lipinski definition) is 3. The Labute approximate surface area is 142 Å². The van der Waals surface area contributed by atoms with E-state index in [1.54, 1.807) is 30.2 Å². The first kappa shape index (κ1) is 17.5. The van der Waals surface area contributed by atoms with Gasteiger partial charge in [0.15, 0.2) is 0 Å². The third-order valence-corrected chi connectivity index (χ3v) is 4.31. The first-order valence-electron chi connectivity index (χ1n) is 7.86. The highest BCUT2D eigenvalue weighted by molar-refractivity contribution is 5.79. The van der Waals surface area contributed by atoms with Crippen molar-refractivity contribution in [2.45, 2.75) is 31.2 Å². The average Bonchev–Trinajstić information content (AvgIpc) is 3.12. The maximum Gasteiger partial charge on any atom is 0.416 e. The fourth-order valence-electron chi connectivity index (χ4n) is 3.17. The number of hydrogen-bond donors (Lipinski definition) is 1. The van der Waals surface area contributed by atoms with E-state index in [9.17, 15) is 23.1 Å². The zero-order valence-electron chi connectivity index (χ0n) is 13.6. The van der Waals surface area contributed by atoms with Crippen LogP contribution in [0.15, 0.2) is 36.7 Å². The highest BCUT2D eigenvalue weighted by Crippen LogP contribution is 2.36. The molecule has 0 aliphatic carbocycles. The molecule has 5 nitrogen and oxygen atoms in total. The summed E-state index contributed by atoms with van der Waals surface area (Å²) < 4.78 is 40.4. The van der Waals surface area contributed by atoms with E-state index >= 15 is 0 Å². The van der Waals surface area contributed by atoms with Crippen LogP contribution in [0.1, 0.15) is 29.2 Å². The topological polar surface area (TPSA) is 58.4 Å². The Kier molecular flexibility index (Phi) is 4.55. The number of halogens is 3. The van der Waals surface area contributed by atoms with Gasteiger partial charge in [-0.05, 0) is 29.7 Å². The van der Waals surface area contributed by atoms with E-state index in [2.05, 4.69) is 5.10 Å². The fraction of sp³-hybridized carbons (Fsp3) is 0.412. The number of carbonyl (C=O) groups excluding carboxylic acids is 1. The van der Waals surface area contributed by atoms with Crippen LogP contribution < -0.4 is 0 Å². The summed E-state index contributed by atoms with van der Waals surface area (Å²) in [5.74, 6) is -0.244. The Morgan fingerprint density at radius 3 is 2.80 bits per heavy atom. The third kappa shape index (κ3) is 3.84. The number of β-amino-alcohol motifs (C(OH)–C–C–N with tert-alkyl or cyclic N) is 1. The van der Waals surface area contributed by atoms with Crippen LogP contribution in [-0.2, 0) is 24.4 Å². The number of carbonyl (C=O) groups is 1. The minimum atomic E-state index is -4.45. The van der Waals surface area contributed by atoms with Crippen molar-refractivity contribution in [2.24, 2.45) is 7.05 Å². The second-order valence-electron chi connectivity index (χ2n) is 6.27. The molecule has 1 fully saturated rings. The summed E-state index contributed by atoms with van der Waals surface area (Å²) in [4.78, 5) is 14.0. The summed E-state index contributed by atoms with van der Waals surface area (Å²) in [5, 5.41) is 13.9. The van der Waals surface area contributed by atoms with Gasteiger partial charge in [-0.3, -0.25) is 9.48 Å². The zero-order valence-corrected chi connectivity index (χ0v) is 13.6. The molecule has 0 spiro atoms. The fourth-order valence-corrected chi connectivity index (χ4v) is 3.17. The lowest BCUT2D eigenvalue weighted by atomic mass is 10.0. The molecule has 0 bridgehead atoms. The van der Waals surface area contributed by atoms with Crippen LogP contribution in [0.3, 0.4) is 0 Å². The Balaban J connectivity index is 1.83. The maximum atomic E-state index is 12.9. The maximum absolute atomic E-state index is 12.9. The summed E-state index contributed by atoms with van der Waals surface area (Å²) in [5.41, 5.74) is 0.341. The largest absolute Gasteiger partial charge is 0.416 e. The molecule has 25 heavy (non-hydrogen) atoms. The molecular formula is C17H18F3N3O2. The van der Waals surface area contributed by atoms with Gasteiger partial charge in [-0.1, -0.05) is 12.1 Å². The molecule has 1 aliphatic rings. The number of aromatic nitrogens is 2. The average molecular weight is 353 g/mol. The molecule has 1 aromatic heterocycles. The number of aliphatic hydroxyl groups excluding tert-OH is 1. The summed E-state index contributed by atoms with van der Waals surface area (Å²) in [7, 11) is 1.74.